The van der Waals surface area contributed by atoms with Crippen LogP contribution >= 0.6 is 0 Å². The van der Waals surface area contributed by atoms with E-state index < -0.39 is 0 Å². The number of carbonyl (C=O) groups is 1. The number of hydrogen-bond donors (Lipinski definition) is 0. The summed E-state index contributed by atoms with van der Waals surface area (Å²) in [5.74, 6) is 0.920. The molecule has 0 aromatic heterocycles. The van der Waals surface area contributed by atoms with Gasteiger partial charge in [-0.1, -0.05) is 30.3 Å². The Morgan fingerprint density at radius 3 is 2.33 bits per heavy atom. The highest BCUT2D eigenvalue weighted by atomic mass is 19.1. The highest BCUT2D eigenvalue weighted by Gasteiger charge is 2.34. The van der Waals surface area contributed by atoms with E-state index >= 15 is 0 Å². The van der Waals surface area contributed by atoms with E-state index in [2.05, 4.69) is 0 Å². The lowest BCUT2D eigenvalue weighted by Crippen LogP contribution is -2.41. The molecule has 1 heterocycles. The first-order chi connectivity index (χ1) is 14.5. The van der Waals surface area contributed by atoms with E-state index in [0.717, 1.165) is 22.3 Å². The van der Waals surface area contributed by atoms with Gasteiger partial charge in [0.25, 0.3) is 5.91 Å². The average molecular weight is 405 g/mol. The molecule has 1 aliphatic heterocycles. The van der Waals surface area contributed by atoms with E-state index in [0.29, 0.717) is 30.0 Å². The number of rotatable bonds is 4. The van der Waals surface area contributed by atoms with Gasteiger partial charge in [0, 0.05) is 12.1 Å². The number of halogens is 1. The molecule has 154 valence electrons. The first kappa shape index (κ1) is 20.0. The molecular weight excluding hydrogens is 381 g/mol. The summed E-state index contributed by atoms with van der Waals surface area (Å²) in [7, 11) is 3.20. The normalized spacial score (nSPS) is 15.5. The Labute approximate surface area is 175 Å². The topological polar surface area (TPSA) is 38.8 Å². The number of carbonyl (C=O) groups excluding carboxylic acids is 1. The fourth-order valence-corrected chi connectivity index (χ4v) is 4.14. The Hall–Kier alpha value is -3.34. The lowest BCUT2D eigenvalue weighted by Gasteiger charge is -2.38. The third-order valence-corrected chi connectivity index (χ3v) is 5.70. The maximum absolute atomic E-state index is 13.6. The van der Waals surface area contributed by atoms with Gasteiger partial charge >= 0.3 is 0 Å². The molecule has 1 atom stereocenters. The van der Waals surface area contributed by atoms with Gasteiger partial charge in [-0.3, -0.25) is 4.79 Å². The number of fused-ring (bicyclic) bond motifs is 1. The molecule has 0 radical (unpaired) electrons. The first-order valence-electron chi connectivity index (χ1n) is 9.90. The minimum atomic E-state index is -0.346. The quantitative estimate of drug-likeness (QED) is 0.617. The maximum atomic E-state index is 13.6. The molecular formula is C25H24FNO3. The van der Waals surface area contributed by atoms with Crippen LogP contribution in [0, 0.1) is 12.7 Å². The van der Waals surface area contributed by atoms with E-state index in [9.17, 15) is 9.18 Å². The summed E-state index contributed by atoms with van der Waals surface area (Å²) < 4.78 is 24.6. The second-order valence-electron chi connectivity index (χ2n) is 7.42. The van der Waals surface area contributed by atoms with Gasteiger partial charge in [0.15, 0.2) is 11.5 Å². The molecule has 1 unspecified atom stereocenters. The van der Waals surface area contributed by atoms with Gasteiger partial charge < -0.3 is 14.4 Å². The smallest absolute Gasteiger partial charge is 0.254 e. The Morgan fingerprint density at radius 1 is 1.00 bits per heavy atom. The molecule has 3 aromatic rings. The van der Waals surface area contributed by atoms with Crippen molar-refractivity contribution in [2.24, 2.45) is 0 Å². The van der Waals surface area contributed by atoms with Crippen LogP contribution in [-0.2, 0) is 6.42 Å². The summed E-state index contributed by atoms with van der Waals surface area (Å²) in [6.07, 6.45) is 0.699. The van der Waals surface area contributed by atoms with E-state index in [-0.39, 0.29) is 17.8 Å². The zero-order valence-electron chi connectivity index (χ0n) is 17.3. The number of nitrogens with zero attached hydrogens (tertiary/aromatic N) is 1. The molecule has 0 bridgehead atoms. The van der Waals surface area contributed by atoms with Crippen LogP contribution in [0.1, 0.15) is 38.7 Å². The standard InChI is InChI=1S/C25H24FNO3/c1-16-6-4-5-7-20(16)25(28)27-13-12-18-14-22(29-2)23(30-3)15-21(18)24(27)17-8-10-19(26)11-9-17/h4-11,14-15,24H,12-13H2,1-3H3. The number of amides is 1. The van der Waals surface area contributed by atoms with Gasteiger partial charge in [0.05, 0.1) is 20.3 Å². The second-order valence-corrected chi connectivity index (χ2v) is 7.42. The fourth-order valence-electron chi connectivity index (χ4n) is 4.14. The Balaban J connectivity index is 1.86. The predicted molar refractivity (Wildman–Crippen MR) is 114 cm³/mol. The van der Waals surface area contributed by atoms with Crippen molar-refractivity contribution >= 4 is 5.91 Å². The molecule has 0 N–H and O–H groups in total. The fraction of sp³-hybridized carbons (Fsp3) is 0.240. The summed E-state index contributed by atoms with van der Waals surface area (Å²) in [6.45, 7) is 2.49. The Kier molecular flexibility index (Phi) is 5.44. The van der Waals surface area contributed by atoms with Crippen molar-refractivity contribution in [2.75, 3.05) is 20.8 Å². The van der Waals surface area contributed by atoms with E-state index in [1.807, 2.05) is 48.2 Å². The van der Waals surface area contributed by atoms with E-state index in [1.54, 1.807) is 26.4 Å². The number of aryl methyl sites for hydroxylation is 1. The van der Waals surface area contributed by atoms with Crippen molar-refractivity contribution in [1.29, 1.82) is 0 Å². The number of ether oxygens (including phenoxy) is 2. The molecule has 1 aliphatic rings. The van der Waals surface area contributed by atoms with Gasteiger partial charge in [0.1, 0.15) is 5.82 Å². The average Bonchev–Trinajstić information content (AvgIpc) is 2.77. The van der Waals surface area contributed by atoms with Gasteiger partial charge in [0.2, 0.25) is 0 Å². The minimum absolute atomic E-state index is 0.0390. The van der Waals surface area contributed by atoms with Gasteiger partial charge in [-0.15, -0.1) is 0 Å². The molecule has 0 aliphatic carbocycles. The molecule has 0 saturated carbocycles. The molecule has 4 nitrogen and oxygen atoms in total. The van der Waals surface area contributed by atoms with Crippen LogP contribution in [0.3, 0.4) is 0 Å². The van der Waals surface area contributed by atoms with Crippen LogP contribution in [0.2, 0.25) is 0 Å². The summed E-state index contributed by atoms with van der Waals surface area (Å²) in [4.78, 5) is 15.4. The lowest BCUT2D eigenvalue weighted by atomic mass is 9.87. The minimum Gasteiger partial charge on any atom is -0.493 e. The molecule has 1 amide bonds. The van der Waals surface area contributed by atoms with Crippen LogP contribution in [0.4, 0.5) is 4.39 Å². The number of hydrogen-bond acceptors (Lipinski definition) is 3. The van der Waals surface area contributed by atoms with Crippen LogP contribution in [0.5, 0.6) is 11.5 Å². The summed E-state index contributed by atoms with van der Waals surface area (Å²) in [6, 6.07) is 17.5. The van der Waals surface area contributed by atoms with Crippen molar-refractivity contribution in [1.82, 2.24) is 4.90 Å². The molecule has 0 saturated heterocycles. The maximum Gasteiger partial charge on any atom is 0.254 e. The Bertz CT molecular complexity index is 1080. The monoisotopic (exact) mass is 405 g/mol. The van der Waals surface area contributed by atoms with Crippen LogP contribution < -0.4 is 9.47 Å². The zero-order chi connectivity index (χ0) is 21.3. The first-order valence-corrected chi connectivity index (χ1v) is 9.90. The van der Waals surface area contributed by atoms with Gasteiger partial charge in [-0.05, 0) is 65.9 Å². The number of methoxy groups -OCH3 is 2. The molecule has 5 heteroatoms. The molecule has 3 aromatic carbocycles. The lowest BCUT2D eigenvalue weighted by molar-refractivity contribution is 0.0693. The van der Waals surface area contributed by atoms with Crippen molar-refractivity contribution in [2.45, 2.75) is 19.4 Å². The highest BCUT2D eigenvalue weighted by Crippen LogP contribution is 2.41. The molecule has 4 rings (SSSR count). The van der Waals surface area contributed by atoms with Gasteiger partial charge in [-0.2, -0.15) is 0 Å². The second kappa shape index (κ2) is 8.19. The van der Waals surface area contributed by atoms with Crippen molar-refractivity contribution < 1.29 is 18.7 Å². The van der Waals surface area contributed by atoms with E-state index in [1.165, 1.54) is 12.1 Å². The summed E-state index contributed by atoms with van der Waals surface area (Å²) in [5.41, 5.74) is 4.52. The third-order valence-electron chi connectivity index (χ3n) is 5.70. The molecule has 0 fully saturated rings. The molecule has 0 spiro atoms. The van der Waals surface area contributed by atoms with Crippen LogP contribution in [0.25, 0.3) is 0 Å². The van der Waals surface area contributed by atoms with Crippen molar-refractivity contribution in [3.8, 4) is 11.5 Å². The SMILES string of the molecule is COc1cc2c(cc1OC)C(c1ccc(F)cc1)N(C(=O)c1ccccc1C)CC2. The summed E-state index contributed by atoms with van der Waals surface area (Å²) in [5, 5.41) is 0. The Morgan fingerprint density at radius 2 is 1.67 bits per heavy atom. The van der Waals surface area contributed by atoms with Crippen molar-refractivity contribution in [3.05, 3.63) is 94.3 Å². The third kappa shape index (κ3) is 3.52. The van der Waals surface area contributed by atoms with Gasteiger partial charge in [-0.25, -0.2) is 4.39 Å². The molecule has 30 heavy (non-hydrogen) atoms. The highest BCUT2D eigenvalue weighted by molar-refractivity contribution is 5.96. The predicted octanol–water partition coefficient (Wildman–Crippen LogP) is 4.94. The van der Waals surface area contributed by atoms with Crippen LogP contribution in [-0.4, -0.2) is 31.6 Å². The zero-order valence-corrected chi connectivity index (χ0v) is 17.3. The number of benzene rings is 3. The van der Waals surface area contributed by atoms with Crippen LogP contribution in [0.15, 0.2) is 60.7 Å². The van der Waals surface area contributed by atoms with Crippen molar-refractivity contribution in [3.63, 3.8) is 0 Å². The van der Waals surface area contributed by atoms with E-state index in [4.69, 9.17) is 9.47 Å². The summed E-state index contributed by atoms with van der Waals surface area (Å²) >= 11 is 0. The largest absolute Gasteiger partial charge is 0.493 e.